The van der Waals surface area contributed by atoms with Crippen LogP contribution in [-0.2, 0) is 0 Å². The number of hydrogen-bond donors (Lipinski definition) is 0. The largest absolute Gasteiger partial charge is 0.480 e. The summed E-state index contributed by atoms with van der Waals surface area (Å²) < 4.78 is 5.95. The molecule has 0 radical (unpaired) electrons. The Balaban J connectivity index is 3.01. The lowest BCUT2D eigenvalue weighted by atomic mass is 10.4. The Kier molecular flexibility index (Phi) is 3.94. The molecule has 0 bridgehead atoms. The van der Waals surface area contributed by atoms with E-state index in [1.807, 2.05) is 12.1 Å². The summed E-state index contributed by atoms with van der Waals surface area (Å²) in [5.74, 6) is 3.67. The Morgan fingerprint density at radius 1 is 1.33 bits per heavy atom. The van der Waals surface area contributed by atoms with Crippen LogP contribution < -0.4 is 4.74 Å². The molecule has 0 aliphatic heterocycles. The molecule has 2 nitrogen and oxygen atoms in total. The van der Waals surface area contributed by atoms with Crippen LogP contribution in [0.4, 0.5) is 0 Å². The number of hydrogen-bond acceptors (Lipinski definition) is 2. The second-order valence-corrected chi connectivity index (χ2v) is 9.79. The second kappa shape index (κ2) is 4.82. The Labute approximate surface area is 100 Å². The summed E-state index contributed by atoms with van der Waals surface area (Å²) in [6, 6.07) is 3.79. The molecular formula is C11H14BrNOSi. The molecular weight excluding hydrogens is 270 g/mol. The molecule has 1 heterocycles. The highest BCUT2D eigenvalue weighted by atomic mass is 79.9. The average Bonchev–Trinajstić information content (AvgIpc) is 2.15. The van der Waals surface area contributed by atoms with Crippen molar-refractivity contribution >= 4 is 24.0 Å². The highest BCUT2D eigenvalue weighted by Gasteiger charge is 2.08. The minimum atomic E-state index is -1.33. The van der Waals surface area contributed by atoms with Gasteiger partial charge in [-0.05, 0) is 28.1 Å². The molecule has 0 N–H and O–H groups in total. The van der Waals surface area contributed by atoms with Crippen LogP contribution >= 0.6 is 15.9 Å². The van der Waals surface area contributed by atoms with Crippen molar-refractivity contribution in [3.05, 3.63) is 22.3 Å². The Hall–Kier alpha value is -0.793. The van der Waals surface area contributed by atoms with Crippen molar-refractivity contribution in [3.63, 3.8) is 0 Å². The molecule has 0 spiro atoms. The normalized spacial score (nSPS) is 10.5. The molecule has 1 aromatic rings. The van der Waals surface area contributed by atoms with Crippen LogP contribution in [0.1, 0.15) is 5.69 Å². The molecule has 0 unspecified atom stereocenters. The van der Waals surface area contributed by atoms with Gasteiger partial charge in [0.25, 0.3) is 0 Å². The first-order valence-electron chi connectivity index (χ1n) is 4.66. The van der Waals surface area contributed by atoms with Gasteiger partial charge < -0.3 is 4.74 Å². The molecule has 0 amide bonds. The molecule has 0 saturated heterocycles. The minimum absolute atomic E-state index is 0.581. The predicted molar refractivity (Wildman–Crippen MR) is 68.7 cm³/mol. The van der Waals surface area contributed by atoms with E-state index in [1.165, 1.54) is 0 Å². The lowest BCUT2D eigenvalue weighted by molar-refractivity contribution is 0.394. The predicted octanol–water partition coefficient (Wildman–Crippen LogP) is 3.08. The van der Waals surface area contributed by atoms with E-state index < -0.39 is 8.07 Å². The smallest absolute Gasteiger partial charge is 0.228 e. The zero-order chi connectivity index (χ0) is 11.5. The lowest BCUT2D eigenvalue weighted by Gasteiger charge is -2.04. The van der Waals surface area contributed by atoms with E-state index in [0.29, 0.717) is 5.88 Å². The van der Waals surface area contributed by atoms with Gasteiger partial charge >= 0.3 is 0 Å². The minimum Gasteiger partial charge on any atom is -0.480 e. The van der Waals surface area contributed by atoms with Gasteiger partial charge in [0.15, 0.2) is 0 Å². The summed E-state index contributed by atoms with van der Waals surface area (Å²) in [5, 5.41) is 0. The van der Waals surface area contributed by atoms with Crippen LogP contribution in [0.5, 0.6) is 5.88 Å². The maximum absolute atomic E-state index is 5.10. The van der Waals surface area contributed by atoms with Crippen LogP contribution in [0, 0.1) is 11.5 Å². The first-order valence-corrected chi connectivity index (χ1v) is 8.95. The van der Waals surface area contributed by atoms with Crippen molar-refractivity contribution in [2.24, 2.45) is 0 Å². The second-order valence-electron chi connectivity index (χ2n) is 4.19. The molecule has 4 heteroatoms. The van der Waals surface area contributed by atoms with E-state index in [0.717, 1.165) is 10.2 Å². The molecule has 1 aromatic heterocycles. The number of methoxy groups -OCH3 is 1. The monoisotopic (exact) mass is 283 g/mol. The van der Waals surface area contributed by atoms with Gasteiger partial charge in [0.2, 0.25) is 5.88 Å². The van der Waals surface area contributed by atoms with Crippen molar-refractivity contribution in [2.45, 2.75) is 19.6 Å². The van der Waals surface area contributed by atoms with Crippen molar-refractivity contribution in [2.75, 3.05) is 7.11 Å². The number of ether oxygens (including phenoxy) is 1. The number of aromatic nitrogens is 1. The fraction of sp³-hybridized carbons (Fsp3) is 0.364. The van der Waals surface area contributed by atoms with Gasteiger partial charge in [0.1, 0.15) is 13.8 Å². The van der Waals surface area contributed by atoms with Gasteiger partial charge in [0.05, 0.1) is 11.6 Å². The number of nitrogens with zero attached hydrogens (tertiary/aromatic N) is 1. The first kappa shape index (κ1) is 12.3. The SMILES string of the molecule is COc1nc(C#C[Si](C)(C)C)ccc1Br. The first-order chi connectivity index (χ1) is 6.92. The maximum atomic E-state index is 5.10. The van der Waals surface area contributed by atoms with Crippen LogP contribution in [-0.4, -0.2) is 20.2 Å². The van der Waals surface area contributed by atoms with E-state index in [9.17, 15) is 0 Å². The third-order valence-corrected chi connectivity index (χ3v) is 3.05. The van der Waals surface area contributed by atoms with Crippen LogP contribution in [0.25, 0.3) is 0 Å². The fourth-order valence-electron chi connectivity index (χ4n) is 0.888. The average molecular weight is 284 g/mol. The molecule has 0 aliphatic rings. The maximum Gasteiger partial charge on any atom is 0.228 e. The van der Waals surface area contributed by atoms with Crippen molar-refractivity contribution in [3.8, 4) is 17.3 Å². The van der Waals surface area contributed by atoms with Gasteiger partial charge in [-0.2, -0.15) is 0 Å². The lowest BCUT2D eigenvalue weighted by Crippen LogP contribution is -2.16. The van der Waals surface area contributed by atoms with Crippen molar-refractivity contribution in [1.29, 1.82) is 0 Å². The highest BCUT2D eigenvalue weighted by molar-refractivity contribution is 9.10. The number of pyridine rings is 1. The molecule has 0 aromatic carbocycles. The number of halogens is 1. The Morgan fingerprint density at radius 3 is 2.53 bits per heavy atom. The van der Waals surface area contributed by atoms with Crippen LogP contribution in [0.3, 0.4) is 0 Å². The van der Waals surface area contributed by atoms with Gasteiger partial charge in [-0.3, -0.25) is 0 Å². The quantitative estimate of drug-likeness (QED) is 0.584. The van der Waals surface area contributed by atoms with Crippen LogP contribution in [0.2, 0.25) is 19.6 Å². The molecule has 1 rings (SSSR count). The standard InChI is InChI=1S/C11H14BrNOSi/c1-14-11-10(12)6-5-9(13-11)7-8-15(2,3)4/h5-6H,1-4H3. The molecule has 0 atom stereocenters. The number of rotatable bonds is 1. The van der Waals surface area contributed by atoms with Gasteiger partial charge in [0, 0.05) is 0 Å². The molecule has 15 heavy (non-hydrogen) atoms. The summed E-state index contributed by atoms with van der Waals surface area (Å²) in [7, 11) is 0.265. The van der Waals surface area contributed by atoms with Gasteiger partial charge in [-0.15, -0.1) is 5.54 Å². The highest BCUT2D eigenvalue weighted by Crippen LogP contribution is 2.21. The third kappa shape index (κ3) is 4.06. The van der Waals surface area contributed by atoms with Crippen molar-refractivity contribution < 1.29 is 4.74 Å². The fourth-order valence-corrected chi connectivity index (χ4v) is 1.77. The molecule has 80 valence electrons. The molecule has 0 aliphatic carbocycles. The molecule has 0 saturated carbocycles. The van der Waals surface area contributed by atoms with Crippen molar-refractivity contribution in [1.82, 2.24) is 4.98 Å². The van der Waals surface area contributed by atoms with E-state index in [-0.39, 0.29) is 0 Å². The zero-order valence-electron chi connectivity index (χ0n) is 9.39. The van der Waals surface area contributed by atoms with E-state index in [1.54, 1.807) is 7.11 Å². The summed E-state index contributed by atoms with van der Waals surface area (Å²) in [4.78, 5) is 4.27. The topological polar surface area (TPSA) is 22.1 Å². The summed E-state index contributed by atoms with van der Waals surface area (Å²) in [6.07, 6.45) is 0. The van der Waals surface area contributed by atoms with E-state index in [2.05, 4.69) is 52.0 Å². The Bertz CT molecular complexity index is 415. The Morgan fingerprint density at radius 2 is 2.00 bits per heavy atom. The summed E-state index contributed by atoms with van der Waals surface area (Å²) in [6.45, 7) is 6.61. The third-order valence-electron chi connectivity index (χ3n) is 1.57. The molecule has 0 fully saturated rings. The van der Waals surface area contributed by atoms with Crippen LogP contribution in [0.15, 0.2) is 16.6 Å². The summed E-state index contributed by atoms with van der Waals surface area (Å²) in [5.41, 5.74) is 4.03. The van der Waals surface area contributed by atoms with Gasteiger partial charge in [-0.1, -0.05) is 25.6 Å². The van der Waals surface area contributed by atoms with E-state index in [4.69, 9.17) is 4.74 Å². The zero-order valence-corrected chi connectivity index (χ0v) is 12.0. The van der Waals surface area contributed by atoms with Gasteiger partial charge in [-0.25, -0.2) is 4.98 Å². The van der Waals surface area contributed by atoms with E-state index >= 15 is 0 Å². The summed E-state index contributed by atoms with van der Waals surface area (Å²) >= 11 is 3.35.